The van der Waals surface area contributed by atoms with Gasteiger partial charge in [0, 0.05) is 0 Å². The highest BCUT2D eigenvalue weighted by atomic mass is 19.1. The molecule has 0 aliphatic heterocycles. The van der Waals surface area contributed by atoms with Crippen molar-refractivity contribution < 1.29 is 13.9 Å². The lowest BCUT2D eigenvalue weighted by Gasteiger charge is -2.31. The third-order valence-electron chi connectivity index (χ3n) is 3.79. The monoisotopic (exact) mass is 265 g/mol. The molecule has 19 heavy (non-hydrogen) atoms. The lowest BCUT2D eigenvalue weighted by Crippen LogP contribution is -2.43. The van der Waals surface area contributed by atoms with Crippen molar-refractivity contribution in [3.05, 3.63) is 35.1 Å². The zero-order chi connectivity index (χ0) is 13.9. The molecule has 0 saturated carbocycles. The number of aryl methyl sites for hydroxylation is 1. The summed E-state index contributed by atoms with van der Waals surface area (Å²) < 4.78 is 18.1. The summed E-state index contributed by atoms with van der Waals surface area (Å²) in [5, 5.41) is 3.46. The van der Waals surface area contributed by atoms with Crippen LogP contribution in [-0.4, -0.2) is 19.6 Å². The molecular formula is C15H20FNO2. The molecule has 4 heteroatoms. The molecule has 104 valence electrons. The highest BCUT2D eigenvalue weighted by Crippen LogP contribution is 2.40. The molecule has 3 nitrogen and oxygen atoms in total. The summed E-state index contributed by atoms with van der Waals surface area (Å²) in [6.07, 6.45) is 2.88. The molecule has 1 unspecified atom stereocenters. The highest BCUT2D eigenvalue weighted by molar-refractivity contribution is 5.71. The van der Waals surface area contributed by atoms with Crippen LogP contribution in [0.2, 0.25) is 0 Å². The summed E-state index contributed by atoms with van der Waals surface area (Å²) in [4.78, 5) is 11.7. The van der Waals surface area contributed by atoms with Crippen LogP contribution >= 0.6 is 0 Å². The standard InChI is InChI=1S/C15H20FNO2/c1-3-8-17-15(10-14(18)19-2)7-6-11-9-12(16)4-5-13(11)15/h4-5,9,17H,3,6-8,10H2,1-2H3. The number of carbonyl (C=O) groups is 1. The zero-order valence-corrected chi connectivity index (χ0v) is 11.5. The van der Waals surface area contributed by atoms with Crippen molar-refractivity contribution >= 4 is 5.97 Å². The van der Waals surface area contributed by atoms with Crippen LogP contribution in [0.5, 0.6) is 0 Å². The molecule has 0 amide bonds. The van der Waals surface area contributed by atoms with Crippen molar-refractivity contribution in [2.75, 3.05) is 13.7 Å². The zero-order valence-electron chi connectivity index (χ0n) is 11.5. The van der Waals surface area contributed by atoms with E-state index in [1.165, 1.54) is 13.2 Å². The number of halogens is 1. The van der Waals surface area contributed by atoms with Crippen molar-refractivity contribution in [1.82, 2.24) is 5.32 Å². The molecule has 1 aromatic rings. The molecule has 1 aliphatic carbocycles. The SMILES string of the molecule is CCCNC1(CC(=O)OC)CCc2cc(F)ccc21. The molecular weight excluding hydrogens is 245 g/mol. The van der Waals surface area contributed by atoms with Gasteiger partial charge in [-0.15, -0.1) is 0 Å². The first-order valence-corrected chi connectivity index (χ1v) is 6.72. The Morgan fingerprint density at radius 1 is 1.53 bits per heavy atom. The Labute approximate surface area is 113 Å². The van der Waals surface area contributed by atoms with Crippen molar-refractivity contribution in [1.29, 1.82) is 0 Å². The minimum Gasteiger partial charge on any atom is -0.469 e. The maximum atomic E-state index is 13.3. The Balaban J connectivity index is 2.33. The number of rotatable bonds is 5. The Morgan fingerprint density at radius 2 is 2.32 bits per heavy atom. The van der Waals surface area contributed by atoms with Crippen LogP contribution in [0, 0.1) is 5.82 Å². The van der Waals surface area contributed by atoms with E-state index in [1.807, 2.05) is 0 Å². The van der Waals surface area contributed by atoms with Gasteiger partial charge in [-0.2, -0.15) is 0 Å². The van der Waals surface area contributed by atoms with E-state index in [9.17, 15) is 9.18 Å². The molecule has 0 radical (unpaired) electrons. The van der Waals surface area contributed by atoms with Crippen LogP contribution in [0.3, 0.4) is 0 Å². The Kier molecular flexibility index (Phi) is 4.20. The van der Waals surface area contributed by atoms with E-state index < -0.39 is 5.54 Å². The van der Waals surface area contributed by atoms with Crippen LogP contribution in [0.4, 0.5) is 4.39 Å². The lowest BCUT2D eigenvalue weighted by molar-refractivity contribution is -0.142. The summed E-state index contributed by atoms with van der Waals surface area (Å²) in [6.45, 7) is 2.91. The summed E-state index contributed by atoms with van der Waals surface area (Å²) in [5.74, 6) is -0.455. The fourth-order valence-electron chi connectivity index (χ4n) is 2.83. The van der Waals surface area contributed by atoms with Crippen LogP contribution in [0.25, 0.3) is 0 Å². The molecule has 0 aromatic heterocycles. The van der Waals surface area contributed by atoms with Gasteiger partial charge in [-0.1, -0.05) is 13.0 Å². The number of hydrogen-bond donors (Lipinski definition) is 1. The number of benzene rings is 1. The average Bonchev–Trinajstić information content (AvgIpc) is 2.75. The summed E-state index contributed by atoms with van der Waals surface area (Å²) in [6, 6.07) is 4.83. The average molecular weight is 265 g/mol. The van der Waals surface area contributed by atoms with E-state index in [2.05, 4.69) is 12.2 Å². The van der Waals surface area contributed by atoms with Crippen LogP contribution < -0.4 is 5.32 Å². The number of fused-ring (bicyclic) bond motifs is 1. The predicted molar refractivity (Wildman–Crippen MR) is 71.3 cm³/mol. The van der Waals surface area contributed by atoms with E-state index >= 15 is 0 Å². The quantitative estimate of drug-likeness (QED) is 0.831. The predicted octanol–water partition coefficient (Wildman–Crippen LogP) is 2.53. The molecule has 0 spiro atoms. The maximum absolute atomic E-state index is 13.3. The molecule has 0 fully saturated rings. The fraction of sp³-hybridized carbons (Fsp3) is 0.533. The minimum atomic E-state index is -0.397. The number of hydrogen-bond acceptors (Lipinski definition) is 3. The number of ether oxygens (including phenoxy) is 1. The topological polar surface area (TPSA) is 38.3 Å². The van der Waals surface area contributed by atoms with E-state index in [0.29, 0.717) is 6.42 Å². The second kappa shape index (κ2) is 5.70. The molecule has 0 bridgehead atoms. The van der Waals surface area contributed by atoms with Gasteiger partial charge in [0.25, 0.3) is 0 Å². The minimum absolute atomic E-state index is 0.219. The number of methoxy groups -OCH3 is 1. The number of esters is 1. The van der Waals surface area contributed by atoms with Crippen LogP contribution in [0.15, 0.2) is 18.2 Å². The van der Waals surface area contributed by atoms with Crippen LogP contribution in [-0.2, 0) is 21.5 Å². The molecule has 1 atom stereocenters. The van der Waals surface area contributed by atoms with Gasteiger partial charge >= 0.3 is 5.97 Å². The van der Waals surface area contributed by atoms with Gasteiger partial charge in [0.15, 0.2) is 0 Å². The first-order chi connectivity index (χ1) is 9.11. The van der Waals surface area contributed by atoms with E-state index in [4.69, 9.17) is 4.74 Å². The second-order valence-corrected chi connectivity index (χ2v) is 5.06. The maximum Gasteiger partial charge on any atom is 0.307 e. The van der Waals surface area contributed by atoms with Gasteiger partial charge in [-0.25, -0.2) is 4.39 Å². The lowest BCUT2D eigenvalue weighted by atomic mass is 9.88. The second-order valence-electron chi connectivity index (χ2n) is 5.06. The van der Waals surface area contributed by atoms with Gasteiger partial charge in [0.05, 0.1) is 19.1 Å². The van der Waals surface area contributed by atoms with E-state index in [0.717, 1.165) is 36.9 Å². The Morgan fingerprint density at radius 3 is 3.00 bits per heavy atom. The normalized spacial score (nSPS) is 21.2. The van der Waals surface area contributed by atoms with Gasteiger partial charge < -0.3 is 10.1 Å². The van der Waals surface area contributed by atoms with Crippen molar-refractivity contribution in [3.63, 3.8) is 0 Å². The highest BCUT2D eigenvalue weighted by Gasteiger charge is 2.40. The third kappa shape index (κ3) is 2.78. The van der Waals surface area contributed by atoms with Gasteiger partial charge in [0.2, 0.25) is 0 Å². The van der Waals surface area contributed by atoms with Crippen LogP contribution in [0.1, 0.15) is 37.3 Å². The van der Waals surface area contributed by atoms with E-state index in [1.54, 1.807) is 12.1 Å². The smallest absolute Gasteiger partial charge is 0.307 e. The summed E-state index contributed by atoms with van der Waals surface area (Å²) in [7, 11) is 1.40. The molecule has 1 N–H and O–H groups in total. The molecule has 0 heterocycles. The van der Waals surface area contributed by atoms with Gasteiger partial charge in [-0.3, -0.25) is 4.79 Å². The van der Waals surface area contributed by atoms with Gasteiger partial charge in [0.1, 0.15) is 5.82 Å². The van der Waals surface area contributed by atoms with Gasteiger partial charge in [-0.05, 0) is 49.1 Å². The third-order valence-corrected chi connectivity index (χ3v) is 3.79. The summed E-state index contributed by atoms with van der Waals surface area (Å²) >= 11 is 0. The van der Waals surface area contributed by atoms with E-state index in [-0.39, 0.29) is 11.8 Å². The fourth-order valence-corrected chi connectivity index (χ4v) is 2.83. The number of carbonyl (C=O) groups excluding carboxylic acids is 1. The van der Waals surface area contributed by atoms with Crippen molar-refractivity contribution in [2.45, 2.75) is 38.1 Å². The molecule has 0 saturated heterocycles. The molecule has 2 rings (SSSR count). The van der Waals surface area contributed by atoms with Crippen molar-refractivity contribution in [2.24, 2.45) is 0 Å². The Hall–Kier alpha value is -1.42. The first-order valence-electron chi connectivity index (χ1n) is 6.72. The largest absolute Gasteiger partial charge is 0.469 e. The summed E-state index contributed by atoms with van der Waals surface area (Å²) in [5.41, 5.74) is 1.63. The van der Waals surface area contributed by atoms with Crippen molar-refractivity contribution in [3.8, 4) is 0 Å². The first kappa shape index (κ1) is 14.0. The Bertz CT molecular complexity index is 475. The molecule has 1 aliphatic rings. The number of nitrogens with one attached hydrogen (secondary N) is 1. The molecule has 1 aromatic carbocycles.